The third kappa shape index (κ3) is 0.942. The van der Waals surface area contributed by atoms with Crippen LogP contribution in [0.4, 0.5) is 5.69 Å². The van der Waals surface area contributed by atoms with E-state index >= 15 is 0 Å². The Labute approximate surface area is 70.8 Å². The van der Waals surface area contributed by atoms with E-state index in [4.69, 9.17) is 5.73 Å². The number of fused-ring (bicyclic) bond motifs is 1. The van der Waals surface area contributed by atoms with Crippen LogP contribution in [0, 0.1) is 13.8 Å². The first-order valence-corrected chi connectivity index (χ1v) is 3.88. The van der Waals surface area contributed by atoms with Gasteiger partial charge in [-0.05, 0) is 25.5 Å². The van der Waals surface area contributed by atoms with Crippen LogP contribution in [0.15, 0.2) is 18.5 Å². The highest BCUT2D eigenvalue weighted by atomic mass is 15.0. The van der Waals surface area contributed by atoms with Crippen LogP contribution in [0.25, 0.3) is 5.65 Å². The molecule has 0 bridgehead atoms. The molecule has 0 saturated carbocycles. The number of anilines is 1. The van der Waals surface area contributed by atoms with E-state index in [0.717, 1.165) is 22.6 Å². The molecular formula is C9H11N3. The fraction of sp³-hybridized carbons (Fsp3) is 0.222. The average molecular weight is 161 g/mol. The Kier molecular flexibility index (Phi) is 1.33. The molecule has 0 aliphatic rings. The van der Waals surface area contributed by atoms with E-state index in [1.807, 2.05) is 36.7 Å². The van der Waals surface area contributed by atoms with Crippen LogP contribution in [0.5, 0.6) is 0 Å². The van der Waals surface area contributed by atoms with Gasteiger partial charge in [-0.15, -0.1) is 0 Å². The van der Waals surface area contributed by atoms with Crippen LogP contribution < -0.4 is 5.73 Å². The standard InChI is InChI=1S/C9H11N3/c1-6-3-9-11-7(2)4-12(9)5-8(6)10/h3-5H,10H2,1-2H3. The number of aryl methyl sites for hydroxylation is 2. The minimum absolute atomic E-state index is 0.805. The first kappa shape index (κ1) is 7.16. The maximum Gasteiger partial charge on any atom is 0.137 e. The number of pyridine rings is 1. The normalized spacial score (nSPS) is 10.8. The summed E-state index contributed by atoms with van der Waals surface area (Å²) in [6.07, 6.45) is 3.86. The molecule has 62 valence electrons. The van der Waals surface area contributed by atoms with Gasteiger partial charge in [0.25, 0.3) is 0 Å². The first-order valence-electron chi connectivity index (χ1n) is 3.88. The third-order valence-electron chi connectivity index (χ3n) is 1.96. The van der Waals surface area contributed by atoms with Gasteiger partial charge in [0.2, 0.25) is 0 Å². The first-order chi connectivity index (χ1) is 5.66. The molecular weight excluding hydrogens is 150 g/mol. The number of hydrogen-bond acceptors (Lipinski definition) is 2. The summed E-state index contributed by atoms with van der Waals surface area (Å²) in [5.74, 6) is 0. The maximum absolute atomic E-state index is 5.75. The Morgan fingerprint density at radius 3 is 2.83 bits per heavy atom. The minimum Gasteiger partial charge on any atom is -0.397 e. The number of nitrogens with two attached hydrogens (primary N) is 1. The molecule has 12 heavy (non-hydrogen) atoms. The summed E-state index contributed by atoms with van der Waals surface area (Å²) in [5, 5.41) is 0. The second-order valence-electron chi connectivity index (χ2n) is 3.06. The van der Waals surface area contributed by atoms with Crippen LogP contribution in [0.3, 0.4) is 0 Å². The van der Waals surface area contributed by atoms with Gasteiger partial charge in [-0.3, -0.25) is 0 Å². The molecule has 2 aromatic rings. The van der Waals surface area contributed by atoms with E-state index in [-0.39, 0.29) is 0 Å². The molecule has 2 rings (SSSR count). The number of aromatic nitrogens is 2. The van der Waals surface area contributed by atoms with Crippen molar-refractivity contribution in [3.63, 3.8) is 0 Å². The van der Waals surface area contributed by atoms with Crippen molar-refractivity contribution in [1.29, 1.82) is 0 Å². The summed E-state index contributed by atoms with van der Waals surface area (Å²) in [7, 11) is 0. The molecule has 0 spiro atoms. The average Bonchev–Trinajstić information content (AvgIpc) is 2.30. The van der Waals surface area contributed by atoms with Crippen molar-refractivity contribution in [2.24, 2.45) is 0 Å². The van der Waals surface area contributed by atoms with Crippen molar-refractivity contribution >= 4 is 11.3 Å². The van der Waals surface area contributed by atoms with Crippen molar-refractivity contribution in [3.05, 3.63) is 29.7 Å². The second kappa shape index (κ2) is 2.24. The zero-order chi connectivity index (χ0) is 8.72. The van der Waals surface area contributed by atoms with Gasteiger partial charge >= 0.3 is 0 Å². The Morgan fingerprint density at radius 2 is 2.08 bits per heavy atom. The van der Waals surface area contributed by atoms with Crippen LogP contribution in [0.2, 0.25) is 0 Å². The fourth-order valence-electron chi connectivity index (χ4n) is 1.27. The zero-order valence-electron chi connectivity index (χ0n) is 7.20. The van der Waals surface area contributed by atoms with E-state index in [9.17, 15) is 0 Å². The lowest BCUT2D eigenvalue weighted by Gasteiger charge is -1.99. The molecule has 0 fully saturated rings. The van der Waals surface area contributed by atoms with Gasteiger partial charge in [0.05, 0.1) is 11.4 Å². The van der Waals surface area contributed by atoms with Crippen molar-refractivity contribution in [1.82, 2.24) is 9.38 Å². The summed E-state index contributed by atoms with van der Waals surface area (Å²) >= 11 is 0. The molecule has 3 nitrogen and oxygen atoms in total. The summed E-state index contributed by atoms with van der Waals surface area (Å²) < 4.78 is 1.94. The van der Waals surface area contributed by atoms with Gasteiger partial charge in [0, 0.05) is 12.4 Å². The van der Waals surface area contributed by atoms with Gasteiger partial charge < -0.3 is 10.1 Å². The monoisotopic (exact) mass is 161 g/mol. The van der Waals surface area contributed by atoms with Crippen molar-refractivity contribution < 1.29 is 0 Å². The number of nitrogens with zero attached hydrogens (tertiary/aromatic N) is 2. The molecule has 0 aliphatic carbocycles. The Hall–Kier alpha value is -1.51. The highest BCUT2D eigenvalue weighted by Gasteiger charge is 1.99. The predicted molar refractivity (Wildman–Crippen MR) is 49.1 cm³/mol. The zero-order valence-corrected chi connectivity index (χ0v) is 7.20. The fourth-order valence-corrected chi connectivity index (χ4v) is 1.27. The smallest absolute Gasteiger partial charge is 0.137 e. The van der Waals surface area contributed by atoms with Crippen molar-refractivity contribution in [3.8, 4) is 0 Å². The molecule has 0 aromatic carbocycles. The van der Waals surface area contributed by atoms with E-state index < -0.39 is 0 Å². The van der Waals surface area contributed by atoms with E-state index in [1.165, 1.54) is 0 Å². The largest absolute Gasteiger partial charge is 0.397 e. The number of hydrogen-bond donors (Lipinski definition) is 1. The van der Waals surface area contributed by atoms with Crippen molar-refractivity contribution in [2.45, 2.75) is 13.8 Å². The lowest BCUT2D eigenvalue weighted by Crippen LogP contribution is -1.93. The maximum atomic E-state index is 5.75. The lowest BCUT2D eigenvalue weighted by atomic mass is 10.2. The van der Waals surface area contributed by atoms with Gasteiger partial charge in [0.15, 0.2) is 0 Å². The molecule has 0 amide bonds. The van der Waals surface area contributed by atoms with Gasteiger partial charge in [-0.25, -0.2) is 4.98 Å². The Bertz CT molecular complexity index is 390. The highest BCUT2D eigenvalue weighted by Crippen LogP contribution is 2.13. The lowest BCUT2D eigenvalue weighted by molar-refractivity contribution is 1.17. The molecule has 0 unspecified atom stereocenters. The van der Waals surface area contributed by atoms with Crippen molar-refractivity contribution in [2.75, 3.05) is 5.73 Å². The van der Waals surface area contributed by atoms with Crippen LogP contribution in [-0.4, -0.2) is 9.38 Å². The topological polar surface area (TPSA) is 43.3 Å². The van der Waals surface area contributed by atoms with Crippen LogP contribution in [-0.2, 0) is 0 Å². The molecule has 0 aliphatic heterocycles. The van der Waals surface area contributed by atoms with Gasteiger partial charge in [0.1, 0.15) is 5.65 Å². The Balaban J connectivity index is 2.83. The van der Waals surface area contributed by atoms with E-state index in [1.54, 1.807) is 0 Å². The Morgan fingerprint density at radius 1 is 1.33 bits per heavy atom. The second-order valence-corrected chi connectivity index (χ2v) is 3.06. The quantitative estimate of drug-likeness (QED) is 0.636. The molecule has 0 saturated heterocycles. The summed E-state index contributed by atoms with van der Waals surface area (Å²) in [6, 6.07) is 1.99. The molecule has 0 atom stereocenters. The molecule has 2 heterocycles. The predicted octanol–water partition coefficient (Wildman–Crippen LogP) is 1.53. The molecule has 2 N–H and O–H groups in total. The van der Waals surface area contributed by atoms with Crippen LogP contribution in [0.1, 0.15) is 11.3 Å². The summed E-state index contributed by atoms with van der Waals surface area (Å²) in [6.45, 7) is 3.96. The summed E-state index contributed by atoms with van der Waals surface area (Å²) in [5.41, 5.74) is 9.60. The molecule has 2 aromatic heterocycles. The van der Waals surface area contributed by atoms with E-state index in [0.29, 0.717) is 0 Å². The van der Waals surface area contributed by atoms with Crippen LogP contribution >= 0.6 is 0 Å². The van der Waals surface area contributed by atoms with Gasteiger partial charge in [-0.1, -0.05) is 0 Å². The minimum atomic E-state index is 0.805. The molecule has 0 radical (unpaired) electrons. The molecule has 3 heteroatoms. The number of nitrogen functional groups attached to an aromatic ring is 1. The SMILES string of the molecule is Cc1cn2cc(N)c(C)cc2n1. The van der Waals surface area contributed by atoms with Gasteiger partial charge in [-0.2, -0.15) is 0 Å². The van der Waals surface area contributed by atoms with E-state index in [2.05, 4.69) is 4.98 Å². The highest BCUT2D eigenvalue weighted by molar-refractivity contribution is 5.54. The third-order valence-corrected chi connectivity index (χ3v) is 1.96. The number of rotatable bonds is 0. The number of imidazole rings is 1. The summed E-state index contributed by atoms with van der Waals surface area (Å²) in [4.78, 5) is 4.32.